The number of hydrogen-bond donors (Lipinski definition) is 2. The molecule has 1 aliphatic heterocycles. The Labute approximate surface area is 171 Å². The molecular weight excluding hydrogens is 394 g/mol. The summed E-state index contributed by atoms with van der Waals surface area (Å²) in [5.74, 6) is -0.444. The Morgan fingerprint density at radius 1 is 1.24 bits per heavy atom. The lowest BCUT2D eigenvalue weighted by molar-refractivity contribution is -0.155. The lowest BCUT2D eigenvalue weighted by Gasteiger charge is -2.24. The summed E-state index contributed by atoms with van der Waals surface area (Å²) < 4.78 is 31.7. The van der Waals surface area contributed by atoms with Crippen molar-refractivity contribution in [1.82, 2.24) is 10.0 Å². The summed E-state index contributed by atoms with van der Waals surface area (Å²) in [5.41, 5.74) is 0.531. The Hall–Kier alpha value is -2.42. The first-order valence-corrected chi connectivity index (χ1v) is 11.5. The van der Waals surface area contributed by atoms with Gasteiger partial charge in [-0.25, -0.2) is 8.42 Å². The zero-order valence-electron chi connectivity index (χ0n) is 16.5. The van der Waals surface area contributed by atoms with E-state index in [9.17, 15) is 18.0 Å². The summed E-state index contributed by atoms with van der Waals surface area (Å²) in [6.07, 6.45) is 5.04. The molecule has 158 valence electrons. The van der Waals surface area contributed by atoms with Crippen molar-refractivity contribution in [3.05, 3.63) is 29.8 Å². The molecule has 2 aliphatic rings. The van der Waals surface area contributed by atoms with Crippen LogP contribution in [0.3, 0.4) is 0 Å². The number of fused-ring (bicyclic) bond motifs is 1. The Kier molecular flexibility index (Phi) is 6.89. The summed E-state index contributed by atoms with van der Waals surface area (Å²) in [4.78, 5) is 28.6. The molecule has 9 heteroatoms. The van der Waals surface area contributed by atoms with Gasteiger partial charge in [-0.3, -0.25) is 19.3 Å². The van der Waals surface area contributed by atoms with E-state index in [-0.39, 0.29) is 35.6 Å². The fourth-order valence-electron chi connectivity index (χ4n) is 3.54. The van der Waals surface area contributed by atoms with E-state index in [0.717, 1.165) is 25.7 Å². The number of carbonyl (C=O) groups excluding carboxylic acids is 2. The van der Waals surface area contributed by atoms with Gasteiger partial charge in [0.2, 0.25) is 0 Å². The maximum Gasteiger partial charge on any atom is 0.306 e. The molecule has 3 rings (SSSR count). The van der Waals surface area contributed by atoms with Gasteiger partial charge in [0.25, 0.3) is 15.9 Å². The second-order valence-electron chi connectivity index (χ2n) is 7.41. The number of amidine groups is 1. The van der Waals surface area contributed by atoms with Crippen LogP contribution >= 0.6 is 0 Å². The van der Waals surface area contributed by atoms with Crippen LogP contribution in [0.25, 0.3) is 0 Å². The molecule has 1 saturated carbocycles. The predicted molar refractivity (Wildman–Crippen MR) is 108 cm³/mol. The maximum absolute atomic E-state index is 12.2. The van der Waals surface area contributed by atoms with Crippen LogP contribution in [0.2, 0.25) is 0 Å². The van der Waals surface area contributed by atoms with Crippen LogP contribution in [0.1, 0.15) is 57.4 Å². The minimum atomic E-state index is -3.56. The highest BCUT2D eigenvalue weighted by Gasteiger charge is 2.30. The van der Waals surface area contributed by atoms with Gasteiger partial charge in [-0.1, -0.05) is 31.4 Å². The predicted octanol–water partition coefficient (Wildman–Crippen LogP) is 1.89. The number of ether oxygens (including phenoxy) is 1. The Morgan fingerprint density at radius 2 is 1.97 bits per heavy atom. The van der Waals surface area contributed by atoms with Gasteiger partial charge >= 0.3 is 5.97 Å². The molecule has 0 saturated heterocycles. The first kappa shape index (κ1) is 21.3. The summed E-state index contributed by atoms with van der Waals surface area (Å²) >= 11 is 0. The van der Waals surface area contributed by atoms with E-state index in [1.165, 1.54) is 12.5 Å². The molecule has 1 aromatic rings. The number of nitrogens with zero attached hydrogens (tertiary/aromatic N) is 1. The number of carbonyl (C=O) groups is 2. The molecule has 1 fully saturated rings. The van der Waals surface area contributed by atoms with Gasteiger partial charge in [0, 0.05) is 24.6 Å². The number of amides is 1. The normalized spacial score (nSPS) is 20.5. The Balaban J connectivity index is 1.42. The smallest absolute Gasteiger partial charge is 0.306 e. The van der Waals surface area contributed by atoms with Crippen molar-refractivity contribution < 1.29 is 22.7 Å². The summed E-state index contributed by atoms with van der Waals surface area (Å²) in [7, 11) is -3.56. The molecular formula is C20H27N3O5S. The minimum Gasteiger partial charge on any atom is -0.453 e. The van der Waals surface area contributed by atoms with Gasteiger partial charge < -0.3 is 10.1 Å². The monoisotopic (exact) mass is 421 g/mol. The molecule has 1 amide bonds. The van der Waals surface area contributed by atoms with E-state index < -0.39 is 22.1 Å². The lowest BCUT2D eigenvalue weighted by Crippen LogP contribution is -2.42. The highest BCUT2D eigenvalue weighted by molar-refractivity contribution is 7.90. The van der Waals surface area contributed by atoms with Gasteiger partial charge in [-0.15, -0.1) is 0 Å². The fraction of sp³-hybridized carbons (Fsp3) is 0.550. The van der Waals surface area contributed by atoms with E-state index >= 15 is 0 Å². The summed E-state index contributed by atoms with van der Waals surface area (Å²) in [5, 5.41) is 2.94. The third-order valence-corrected chi connectivity index (χ3v) is 6.50. The average molecular weight is 422 g/mol. The van der Waals surface area contributed by atoms with E-state index in [1.54, 1.807) is 25.1 Å². The standard InChI is InChI=1S/C20H27N3O5S/c1-14(20(25)22-15-8-3-2-4-9-15)28-18(24)12-7-13-21-19-16-10-5-6-11-17(16)29(26,27)23-19/h5-6,10-11,14-15H,2-4,7-9,12-13H2,1H3,(H,21,23)(H,22,25)/t14-/m0/s1. The van der Waals surface area contributed by atoms with Crippen molar-refractivity contribution in [3.63, 3.8) is 0 Å². The fourth-order valence-corrected chi connectivity index (χ4v) is 4.79. The van der Waals surface area contributed by atoms with E-state index in [0.29, 0.717) is 12.0 Å². The number of rotatable bonds is 7. The van der Waals surface area contributed by atoms with Crippen LogP contribution in [-0.4, -0.2) is 44.8 Å². The molecule has 1 heterocycles. The third-order valence-electron chi connectivity index (χ3n) is 5.10. The largest absolute Gasteiger partial charge is 0.453 e. The van der Waals surface area contributed by atoms with Crippen molar-refractivity contribution in [1.29, 1.82) is 0 Å². The number of aliphatic imine (C=N–C) groups is 1. The number of nitrogens with one attached hydrogen (secondary N) is 2. The molecule has 8 nitrogen and oxygen atoms in total. The van der Waals surface area contributed by atoms with Crippen molar-refractivity contribution >= 4 is 27.7 Å². The average Bonchev–Trinajstić information content (AvgIpc) is 2.96. The Morgan fingerprint density at radius 3 is 2.72 bits per heavy atom. The van der Waals surface area contributed by atoms with Gasteiger partial charge in [-0.2, -0.15) is 0 Å². The molecule has 1 aromatic carbocycles. The van der Waals surface area contributed by atoms with E-state index in [1.807, 2.05) is 0 Å². The first-order valence-electron chi connectivity index (χ1n) is 10.0. The Bertz CT molecular complexity index is 891. The van der Waals surface area contributed by atoms with Gasteiger partial charge in [0.05, 0.1) is 4.90 Å². The summed E-state index contributed by atoms with van der Waals surface area (Å²) in [6.45, 7) is 1.84. The third kappa shape index (κ3) is 5.56. The minimum absolute atomic E-state index is 0.103. The topological polar surface area (TPSA) is 114 Å². The van der Waals surface area contributed by atoms with Gasteiger partial charge in [0.15, 0.2) is 6.10 Å². The molecule has 0 spiro atoms. The molecule has 1 atom stereocenters. The highest BCUT2D eigenvalue weighted by Crippen LogP contribution is 2.22. The van der Waals surface area contributed by atoms with Crippen LogP contribution in [0.4, 0.5) is 0 Å². The van der Waals surface area contributed by atoms with Crippen molar-refractivity contribution in [2.24, 2.45) is 4.99 Å². The second-order valence-corrected chi connectivity index (χ2v) is 9.06. The quantitative estimate of drug-likeness (QED) is 0.515. The highest BCUT2D eigenvalue weighted by atomic mass is 32.2. The first-order chi connectivity index (χ1) is 13.9. The SMILES string of the molecule is C[C@H](OC(=O)CCCN=C1NS(=O)(=O)c2ccccc21)C(=O)NC1CCCCC1. The number of benzene rings is 1. The van der Waals surface area contributed by atoms with Crippen LogP contribution in [0.5, 0.6) is 0 Å². The number of hydrogen-bond acceptors (Lipinski definition) is 6. The van der Waals surface area contributed by atoms with Crippen molar-refractivity contribution in [2.45, 2.75) is 68.9 Å². The molecule has 0 aromatic heterocycles. The molecule has 29 heavy (non-hydrogen) atoms. The van der Waals surface area contributed by atoms with Gasteiger partial charge in [-0.05, 0) is 38.3 Å². The zero-order valence-corrected chi connectivity index (χ0v) is 17.3. The molecule has 0 bridgehead atoms. The molecule has 1 aliphatic carbocycles. The van der Waals surface area contributed by atoms with Crippen LogP contribution < -0.4 is 10.0 Å². The maximum atomic E-state index is 12.2. The second kappa shape index (κ2) is 9.39. The van der Waals surface area contributed by atoms with E-state index in [2.05, 4.69) is 15.0 Å². The van der Waals surface area contributed by atoms with Crippen LogP contribution in [-0.2, 0) is 24.3 Å². The lowest BCUT2D eigenvalue weighted by atomic mass is 9.95. The summed E-state index contributed by atoms with van der Waals surface area (Å²) in [6, 6.07) is 6.78. The molecule has 0 radical (unpaired) electrons. The molecule has 0 unspecified atom stereocenters. The number of sulfonamides is 1. The van der Waals surface area contributed by atoms with Crippen molar-refractivity contribution in [2.75, 3.05) is 6.54 Å². The van der Waals surface area contributed by atoms with Crippen LogP contribution in [0.15, 0.2) is 34.2 Å². The molecule has 2 N–H and O–H groups in total. The number of esters is 1. The van der Waals surface area contributed by atoms with Gasteiger partial charge in [0.1, 0.15) is 5.84 Å². The van der Waals surface area contributed by atoms with E-state index in [4.69, 9.17) is 4.74 Å². The van der Waals surface area contributed by atoms with Crippen LogP contribution in [0, 0.1) is 0 Å². The zero-order chi connectivity index (χ0) is 20.9. The van der Waals surface area contributed by atoms with Crippen molar-refractivity contribution in [3.8, 4) is 0 Å².